The van der Waals surface area contributed by atoms with E-state index in [9.17, 15) is 4.79 Å². The zero-order chi connectivity index (χ0) is 16.6. The van der Waals surface area contributed by atoms with Crippen molar-refractivity contribution in [2.24, 2.45) is 5.92 Å². The van der Waals surface area contributed by atoms with Crippen LogP contribution in [-0.2, 0) is 4.79 Å². The summed E-state index contributed by atoms with van der Waals surface area (Å²) in [4.78, 5) is 15.8. The van der Waals surface area contributed by atoms with Crippen LogP contribution in [0, 0.1) is 5.92 Å². The number of carbonyl (C=O) groups excluding carboxylic acids is 1. The zero-order valence-corrected chi connectivity index (χ0v) is 14.2. The molecule has 0 aliphatic carbocycles. The lowest BCUT2D eigenvalue weighted by molar-refractivity contribution is -0.112. The lowest BCUT2D eigenvalue weighted by atomic mass is 10.00. The summed E-state index contributed by atoms with van der Waals surface area (Å²) >= 11 is 0. The van der Waals surface area contributed by atoms with E-state index in [1.807, 2.05) is 0 Å². The van der Waals surface area contributed by atoms with E-state index < -0.39 is 0 Å². The fourth-order valence-electron chi connectivity index (χ4n) is 3.48. The Morgan fingerprint density at radius 1 is 1.00 bits per heavy atom. The van der Waals surface area contributed by atoms with Crippen LogP contribution >= 0.6 is 0 Å². The van der Waals surface area contributed by atoms with Crippen molar-refractivity contribution in [3.05, 3.63) is 60.7 Å². The summed E-state index contributed by atoms with van der Waals surface area (Å²) < 4.78 is 0. The predicted octanol–water partition coefficient (Wildman–Crippen LogP) is 4.13. The maximum Gasteiger partial charge on any atom is 0.124 e. The van der Waals surface area contributed by atoms with Gasteiger partial charge in [0.05, 0.1) is 0 Å². The summed E-state index contributed by atoms with van der Waals surface area (Å²) in [5.41, 5.74) is 2.46. The van der Waals surface area contributed by atoms with Crippen molar-refractivity contribution in [3.63, 3.8) is 0 Å². The summed E-state index contributed by atoms with van der Waals surface area (Å²) in [6, 6.07) is 21.1. The van der Waals surface area contributed by atoms with Gasteiger partial charge in [0.1, 0.15) is 6.29 Å². The molecule has 0 unspecified atom stereocenters. The number of nitrogens with zero attached hydrogens (tertiary/aromatic N) is 2. The first-order valence-corrected chi connectivity index (χ1v) is 8.92. The summed E-state index contributed by atoms with van der Waals surface area (Å²) in [5, 5.41) is 0. The van der Waals surface area contributed by atoms with Crippen molar-refractivity contribution in [1.82, 2.24) is 4.90 Å². The second kappa shape index (κ2) is 8.65. The molecule has 0 bridgehead atoms. The molecule has 1 fully saturated rings. The van der Waals surface area contributed by atoms with Crippen LogP contribution in [0.2, 0.25) is 0 Å². The van der Waals surface area contributed by atoms with Crippen LogP contribution in [0.25, 0.3) is 0 Å². The Kier molecular flexibility index (Phi) is 6.02. The van der Waals surface area contributed by atoms with Gasteiger partial charge in [0.2, 0.25) is 0 Å². The number of hydrogen-bond acceptors (Lipinski definition) is 3. The number of piperidine rings is 1. The monoisotopic (exact) mass is 322 g/mol. The minimum atomic E-state index is 0.234. The molecule has 2 aromatic carbocycles. The van der Waals surface area contributed by atoms with Gasteiger partial charge in [-0.3, -0.25) is 0 Å². The molecule has 0 amide bonds. The molecule has 24 heavy (non-hydrogen) atoms. The third kappa shape index (κ3) is 4.45. The van der Waals surface area contributed by atoms with Crippen LogP contribution in [-0.4, -0.2) is 37.4 Å². The van der Waals surface area contributed by atoms with Crippen molar-refractivity contribution in [2.75, 3.05) is 31.1 Å². The number of anilines is 2. The Morgan fingerprint density at radius 3 is 2.21 bits per heavy atom. The average molecular weight is 322 g/mol. The van der Waals surface area contributed by atoms with E-state index in [-0.39, 0.29) is 5.92 Å². The Bertz CT molecular complexity index is 575. The minimum absolute atomic E-state index is 0.234. The van der Waals surface area contributed by atoms with E-state index in [1.165, 1.54) is 11.4 Å². The summed E-state index contributed by atoms with van der Waals surface area (Å²) in [5.74, 6) is 0.234. The highest BCUT2D eigenvalue weighted by molar-refractivity contribution is 5.62. The Morgan fingerprint density at radius 2 is 1.62 bits per heavy atom. The van der Waals surface area contributed by atoms with Gasteiger partial charge in [-0.15, -0.1) is 0 Å². The number of para-hydroxylation sites is 2. The molecule has 1 aliphatic heterocycles. The third-order valence-electron chi connectivity index (χ3n) is 4.73. The number of likely N-dealkylation sites (tertiary alicyclic amines) is 1. The molecule has 1 atom stereocenters. The molecule has 2 aromatic rings. The van der Waals surface area contributed by atoms with E-state index in [4.69, 9.17) is 0 Å². The smallest absolute Gasteiger partial charge is 0.124 e. The van der Waals surface area contributed by atoms with Gasteiger partial charge in [-0.25, -0.2) is 0 Å². The molecule has 3 nitrogen and oxygen atoms in total. The van der Waals surface area contributed by atoms with Crippen LogP contribution in [0.15, 0.2) is 60.7 Å². The fourth-order valence-corrected chi connectivity index (χ4v) is 3.48. The van der Waals surface area contributed by atoms with Gasteiger partial charge in [0.15, 0.2) is 0 Å². The van der Waals surface area contributed by atoms with Gasteiger partial charge >= 0.3 is 0 Å². The SMILES string of the molecule is O=C[C@@H]1CCCN(CCCN(c2ccccc2)c2ccccc2)C1. The van der Waals surface area contributed by atoms with Gasteiger partial charge in [-0.05, 0) is 56.6 Å². The number of benzene rings is 2. The molecule has 0 radical (unpaired) electrons. The van der Waals surface area contributed by atoms with Crippen molar-refractivity contribution in [1.29, 1.82) is 0 Å². The van der Waals surface area contributed by atoms with Gasteiger partial charge in [-0.1, -0.05) is 36.4 Å². The maximum atomic E-state index is 11.0. The molecule has 1 aliphatic rings. The van der Waals surface area contributed by atoms with Crippen LogP contribution in [0.4, 0.5) is 11.4 Å². The van der Waals surface area contributed by atoms with Gasteiger partial charge in [0, 0.05) is 30.4 Å². The molecule has 1 saturated heterocycles. The van der Waals surface area contributed by atoms with Crippen LogP contribution in [0.3, 0.4) is 0 Å². The standard InChI is InChI=1S/C21H26N2O/c24-18-19-9-7-14-22(17-19)15-8-16-23(20-10-3-1-4-11-20)21-12-5-2-6-13-21/h1-6,10-13,18-19H,7-9,14-17H2/t19-/m1/s1. The minimum Gasteiger partial charge on any atom is -0.341 e. The molecule has 1 heterocycles. The highest BCUT2D eigenvalue weighted by Gasteiger charge is 2.19. The van der Waals surface area contributed by atoms with Crippen molar-refractivity contribution in [3.8, 4) is 0 Å². The van der Waals surface area contributed by atoms with E-state index in [2.05, 4.69) is 70.5 Å². The van der Waals surface area contributed by atoms with Gasteiger partial charge < -0.3 is 14.6 Å². The number of aldehydes is 1. The quantitative estimate of drug-likeness (QED) is 0.716. The molecule has 0 aromatic heterocycles. The summed E-state index contributed by atoms with van der Waals surface area (Å²) in [6.45, 7) is 4.10. The predicted molar refractivity (Wildman–Crippen MR) is 99.7 cm³/mol. The van der Waals surface area contributed by atoms with Crippen molar-refractivity contribution in [2.45, 2.75) is 19.3 Å². The molecule has 0 saturated carbocycles. The summed E-state index contributed by atoms with van der Waals surface area (Å²) in [6.07, 6.45) is 4.42. The lowest BCUT2D eigenvalue weighted by Crippen LogP contribution is -2.37. The van der Waals surface area contributed by atoms with Crippen molar-refractivity contribution < 1.29 is 4.79 Å². The van der Waals surface area contributed by atoms with Crippen LogP contribution in [0.5, 0.6) is 0 Å². The fraction of sp³-hybridized carbons (Fsp3) is 0.381. The Balaban J connectivity index is 1.62. The molecule has 126 valence electrons. The highest BCUT2D eigenvalue weighted by Crippen LogP contribution is 2.25. The lowest BCUT2D eigenvalue weighted by Gasteiger charge is -2.31. The van der Waals surface area contributed by atoms with Crippen molar-refractivity contribution >= 4 is 17.7 Å². The van der Waals surface area contributed by atoms with Gasteiger partial charge in [0.25, 0.3) is 0 Å². The molecule has 3 heteroatoms. The summed E-state index contributed by atoms with van der Waals surface area (Å²) in [7, 11) is 0. The Labute approximate surface area is 144 Å². The molecular formula is C21H26N2O. The van der Waals surface area contributed by atoms with E-state index in [0.29, 0.717) is 0 Å². The Hall–Kier alpha value is -2.13. The van der Waals surface area contributed by atoms with E-state index in [1.54, 1.807) is 0 Å². The first-order chi connectivity index (χ1) is 11.9. The molecule has 0 N–H and O–H groups in total. The number of rotatable bonds is 7. The number of carbonyl (C=O) groups is 1. The van der Waals surface area contributed by atoms with Gasteiger partial charge in [-0.2, -0.15) is 0 Å². The highest BCUT2D eigenvalue weighted by atomic mass is 16.1. The first-order valence-electron chi connectivity index (χ1n) is 8.92. The molecular weight excluding hydrogens is 296 g/mol. The first kappa shape index (κ1) is 16.7. The van der Waals surface area contributed by atoms with E-state index in [0.717, 1.165) is 51.7 Å². The topological polar surface area (TPSA) is 23.6 Å². The number of hydrogen-bond donors (Lipinski definition) is 0. The van der Waals surface area contributed by atoms with Crippen LogP contribution in [0.1, 0.15) is 19.3 Å². The average Bonchev–Trinajstić information content (AvgIpc) is 2.67. The van der Waals surface area contributed by atoms with E-state index >= 15 is 0 Å². The molecule has 0 spiro atoms. The third-order valence-corrected chi connectivity index (χ3v) is 4.73. The van der Waals surface area contributed by atoms with Crippen LogP contribution < -0.4 is 4.90 Å². The maximum absolute atomic E-state index is 11.0. The second-order valence-corrected chi connectivity index (χ2v) is 6.52. The molecule has 3 rings (SSSR count). The second-order valence-electron chi connectivity index (χ2n) is 6.52. The largest absolute Gasteiger partial charge is 0.341 e. The zero-order valence-electron chi connectivity index (χ0n) is 14.2. The normalized spacial score (nSPS) is 18.2.